The summed E-state index contributed by atoms with van der Waals surface area (Å²) < 4.78 is 7.40. The molecule has 1 aromatic heterocycles. The van der Waals surface area contributed by atoms with E-state index >= 15 is 0 Å². The molecule has 1 aromatic carbocycles. The number of aromatic nitrogens is 3. The molecule has 0 radical (unpaired) electrons. The lowest BCUT2D eigenvalue weighted by molar-refractivity contribution is 0.104. The Morgan fingerprint density at radius 3 is 2.67 bits per heavy atom. The van der Waals surface area contributed by atoms with Crippen molar-refractivity contribution >= 4 is 0 Å². The Morgan fingerprint density at radius 2 is 2.05 bits per heavy atom. The first kappa shape index (κ1) is 15.5. The Hall–Kier alpha value is -1.92. The van der Waals surface area contributed by atoms with Crippen LogP contribution >= 0.6 is 0 Å². The number of benzene rings is 1. The van der Waals surface area contributed by atoms with Crippen LogP contribution in [0.5, 0.6) is 5.75 Å². The van der Waals surface area contributed by atoms with Crippen molar-refractivity contribution in [3.05, 3.63) is 42.0 Å². The first-order valence-corrected chi connectivity index (χ1v) is 7.01. The molecule has 2 aromatic rings. The minimum Gasteiger partial charge on any atom is -0.491 e. The third-order valence-electron chi connectivity index (χ3n) is 3.26. The fraction of sp³-hybridized carbons (Fsp3) is 0.467. The van der Waals surface area contributed by atoms with Crippen molar-refractivity contribution in [3.63, 3.8) is 0 Å². The quantitative estimate of drug-likeness (QED) is 0.802. The molecule has 2 atom stereocenters. The van der Waals surface area contributed by atoms with Crippen molar-refractivity contribution < 1.29 is 9.84 Å². The van der Waals surface area contributed by atoms with E-state index in [9.17, 15) is 5.11 Å². The minimum atomic E-state index is -0.581. The van der Waals surface area contributed by atoms with E-state index in [2.05, 4.69) is 15.5 Å². The number of ether oxygens (including phenoxy) is 1. The lowest BCUT2D eigenvalue weighted by Crippen LogP contribution is -2.33. The molecule has 21 heavy (non-hydrogen) atoms. The molecule has 0 spiro atoms. The number of aryl methyl sites for hydroxylation is 2. The van der Waals surface area contributed by atoms with E-state index in [1.54, 1.807) is 6.33 Å². The summed E-state index contributed by atoms with van der Waals surface area (Å²) in [4.78, 5) is 0. The highest BCUT2D eigenvalue weighted by Gasteiger charge is 2.13. The standard InChI is InChI=1S/C15H22N4O2/c1-11-4-6-14(7-5-11)21-9-13(20)8-16-12(2)15-18-17-10-19(15)3/h4-7,10,12-13,16,20H,8-9H2,1-3H3. The van der Waals surface area contributed by atoms with Gasteiger partial charge in [-0.05, 0) is 26.0 Å². The van der Waals surface area contributed by atoms with Gasteiger partial charge in [-0.2, -0.15) is 0 Å². The second-order valence-corrected chi connectivity index (χ2v) is 5.21. The number of aliphatic hydroxyl groups excluding tert-OH is 1. The third-order valence-corrected chi connectivity index (χ3v) is 3.26. The van der Waals surface area contributed by atoms with E-state index < -0.39 is 6.10 Å². The largest absolute Gasteiger partial charge is 0.491 e. The smallest absolute Gasteiger partial charge is 0.149 e. The number of hydrogen-bond donors (Lipinski definition) is 2. The maximum atomic E-state index is 9.95. The van der Waals surface area contributed by atoms with E-state index in [1.165, 1.54) is 5.56 Å². The Labute approximate surface area is 124 Å². The van der Waals surface area contributed by atoms with E-state index in [0.29, 0.717) is 6.54 Å². The first-order valence-electron chi connectivity index (χ1n) is 7.01. The van der Waals surface area contributed by atoms with Gasteiger partial charge in [-0.25, -0.2) is 0 Å². The average molecular weight is 290 g/mol. The number of hydrogen-bond acceptors (Lipinski definition) is 5. The van der Waals surface area contributed by atoms with Gasteiger partial charge in [0, 0.05) is 13.6 Å². The van der Waals surface area contributed by atoms with E-state index in [4.69, 9.17) is 4.74 Å². The molecule has 6 nitrogen and oxygen atoms in total. The number of rotatable bonds is 7. The van der Waals surface area contributed by atoms with Gasteiger partial charge < -0.3 is 19.7 Å². The van der Waals surface area contributed by atoms with Crippen LogP contribution in [0.15, 0.2) is 30.6 Å². The third kappa shape index (κ3) is 4.54. The van der Waals surface area contributed by atoms with Crippen LogP contribution < -0.4 is 10.1 Å². The molecule has 0 saturated heterocycles. The van der Waals surface area contributed by atoms with Crippen LogP contribution in [0.25, 0.3) is 0 Å². The van der Waals surface area contributed by atoms with Gasteiger partial charge in [-0.1, -0.05) is 17.7 Å². The summed E-state index contributed by atoms with van der Waals surface area (Å²) in [6.07, 6.45) is 1.08. The summed E-state index contributed by atoms with van der Waals surface area (Å²) >= 11 is 0. The van der Waals surface area contributed by atoms with Crippen LogP contribution in [0, 0.1) is 6.92 Å². The molecule has 114 valence electrons. The van der Waals surface area contributed by atoms with Crippen LogP contribution in [-0.4, -0.2) is 39.1 Å². The first-order chi connectivity index (χ1) is 10.1. The molecule has 0 aliphatic rings. The molecule has 2 unspecified atom stereocenters. The molecule has 0 saturated carbocycles. The monoisotopic (exact) mass is 290 g/mol. The number of nitrogens with one attached hydrogen (secondary N) is 1. The lowest BCUT2D eigenvalue weighted by atomic mass is 10.2. The van der Waals surface area contributed by atoms with Gasteiger partial charge in [0.2, 0.25) is 0 Å². The van der Waals surface area contributed by atoms with E-state index in [-0.39, 0.29) is 12.6 Å². The van der Waals surface area contributed by atoms with Gasteiger partial charge in [-0.15, -0.1) is 10.2 Å². The summed E-state index contributed by atoms with van der Waals surface area (Å²) in [7, 11) is 1.89. The molecule has 2 N–H and O–H groups in total. The van der Waals surface area contributed by atoms with Crippen molar-refractivity contribution in [3.8, 4) is 5.75 Å². The SMILES string of the molecule is Cc1ccc(OCC(O)CNC(C)c2nncn2C)cc1. The molecule has 0 aliphatic carbocycles. The molecule has 0 bridgehead atoms. The maximum absolute atomic E-state index is 9.95. The van der Waals surface area contributed by atoms with Crippen molar-refractivity contribution in [2.24, 2.45) is 7.05 Å². The lowest BCUT2D eigenvalue weighted by Gasteiger charge is -2.17. The summed E-state index contributed by atoms with van der Waals surface area (Å²) in [6.45, 7) is 4.69. The zero-order chi connectivity index (χ0) is 15.2. The number of aliphatic hydroxyl groups is 1. The van der Waals surface area contributed by atoms with Crippen LogP contribution in [0.1, 0.15) is 24.4 Å². The van der Waals surface area contributed by atoms with E-state index in [0.717, 1.165) is 11.6 Å². The molecule has 6 heteroatoms. The highest BCUT2D eigenvalue weighted by molar-refractivity contribution is 5.26. The van der Waals surface area contributed by atoms with Crippen LogP contribution in [0.2, 0.25) is 0 Å². The van der Waals surface area contributed by atoms with Gasteiger partial charge in [0.1, 0.15) is 30.6 Å². The predicted octanol–water partition coefficient (Wildman–Crippen LogP) is 1.21. The molecule has 2 rings (SSSR count). The van der Waals surface area contributed by atoms with Crippen LogP contribution in [-0.2, 0) is 7.05 Å². The van der Waals surface area contributed by atoms with Gasteiger partial charge in [0.25, 0.3) is 0 Å². The summed E-state index contributed by atoms with van der Waals surface area (Å²) in [5.74, 6) is 1.60. The molecule has 1 heterocycles. The Morgan fingerprint density at radius 1 is 1.33 bits per heavy atom. The maximum Gasteiger partial charge on any atom is 0.149 e. The topological polar surface area (TPSA) is 72.2 Å². The Bertz CT molecular complexity index is 553. The normalized spacial score (nSPS) is 13.9. The zero-order valence-corrected chi connectivity index (χ0v) is 12.7. The van der Waals surface area contributed by atoms with Gasteiger partial charge in [0.15, 0.2) is 0 Å². The minimum absolute atomic E-state index is 0.0199. The molecular weight excluding hydrogens is 268 g/mol. The van der Waals surface area contributed by atoms with Crippen LogP contribution in [0.4, 0.5) is 0 Å². The van der Waals surface area contributed by atoms with Crippen LogP contribution in [0.3, 0.4) is 0 Å². The van der Waals surface area contributed by atoms with Gasteiger partial charge >= 0.3 is 0 Å². The summed E-state index contributed by atoms with van der Waals surface area (Å²) in [5.41, 5.74) is 1.18. The zero-order valence-electron chi connectivity index (χ0n) is 12.7. The fourth-order valence-corrected chi connectivity index (χ4v) is 1.97. The average Bonchev–Trinajstić information content (AvgIpc) is 2.90. The number of nitrogens with zero attached hydrogens (tertiary/aromatic N) is 3. The van der Waals surface area contributed by atoms with Gasteiger partial charge in [0.05, 0.1) is 6.04 Å². The van der Waals surface area contributed by atoms with Crippen molar-refractivity contribution in [1.29, 1.82) is 0 Å². The second-order valence-electron chi connectivity index (χ2n) is 5.21. The highest BCUT2D eigenvalue weighted by atomic mass is 16.5. The van der Waals surface area contributed by atoms with E-state index in [1.807, 2.05) is 49.7 Å². The van der Waals surface area contributed by atoms with Crippen molar-refractivity contribution in [2.45, 2.75) is 26.0 Å². The summed E-state index contributed by atoms with van der Waals surface area (Å²) in [6, 6.07) is 7.79. The fourth-order valence-electron chi connectivity index (χ4n) is 1.97. The van der Waals surface area contributed by atoms with Crippen molar-refractivity contribution in [2.75, 3.05) is 13.2 Å². The Balaban J connectivity index is 1.73. The van der Waals surface area contributed by atoms with Crippen molar-refractivity contribution in [1.82, 2.24) is 20.1 Å². The molecule has 0 amide bonds. The summed E-state index contributed by atoms with van der Waals surface area (Å²) in [5, 5.41) is 21.0. The molecule has 0 fully saturated rings. The molecule has 0 aliphatic heterocycles. The predicted molar refractivity (Wildman–Crippen MR) is 80.1 cm³/mol. The molecular formula is C15H22N4O2. The highest BCUT2D eigenvalue weighted by Crippen LogP contribution is 2.12. The Kier molecular flexibility index (Phi) is 5.30. The second kappa shape index (κ2) is 7.19. The van der Waals surface area contributed by atoms with Gasteiger partial charge in [-0.3, -0.25) is 0 Å².